The summed E-state index contributed by atoms with van der Waals surface area (Å²) in [5, 5.41) is -0.220. The monoisotopic (exact) mass is 355 g/mol. The third kappa shape index (κ3) is 3.12. The number of hydrogen-bond donors (Lipinski definition) is 0. The molecule has 0 N–H and O–H groups in total. The van der Waals surface area contributed by atoms with Crippen molar-refractivity contribution in [1.29, 1.82) is 0 Å². The second kappa shape index (κ2) is 5.36. The lowest BCUT2D eigenvalue weighted by atomic mass is 10.1. The van der Waals surface area contributed by atoms with E-state index in [9.17, 15) is 26.3 Å². The van der Waals surface area contributed by atoms with Crippen LogP contribution in [-0.4, -0.2) is 33.7 Å². The molecule has 0 amide bonds. The Balaban J connectivity index is 2.89. The van der Waals surface area contributed by atoms with Crippen molar-refractivity contribution < 1.29 is 26.3 Å². The second-order valence-electron chi connectivity index (χ2n) is 5.10. The first-order valence-electron chi connectivity index (χ1n) is 6.23. The molecule has 2 rings (SSSR count). The van der Waals surface area contributed by atoms with Crippen molar-refractivity contribution in [1.82, 2.24) is 14.5 Å². The van der Waals surface area contributed by atoms with E-state index in [0.29, 0.717) is 10.6 Å². The van der Waals surface area contributed by atoms with E-state index >= 15 is 0 Å². The molecule has 0 saturated carbocycles. The van der Waals surface area contributed by atoms with Gasteiger partial charge >= 0.3 is 12.4 Å². The normalized spacial score (nSPS) is 12.7. The summed E-state index contributed by atoms with van der Waals surface area (Å²) < 4.78 is 78.7. The molecule has 1 aromatic carbocycles. The Morgan fingerprint density at radius 1 is 1.09 bits per heavy atom. The summed E-state index contributed by atoms with van der Waals surface area (Å²) >= 11 is 4.97. The summed E-state index contributed by atoms with van der Waals surface area (Å²) in [5.74, 6) is -1.35. The first-order chi connectivity index (χ1) is 10.3. The fraction of sp³-hybridized carbons (Fsp3) is 0.385. The van der Waals surface area contributed by atoms with Gasteiger partial charge in [0.2, 0.25) is 5.82 Å². The van der Waals surface area contributed by atoms with Crippen LogP contribution in [-0.2, 0) is 12.4 Å². The molecule has 0 spiro atoms. The van der Waals surface area contributed by atoms with Crippen LogP contribution < -0.4 is 0 Å². The second-order valence-corrected chi connectivity index (χ2v) is 5.47. The molecule has 1 heterocycles. The van der Waals surface area contributed by atoms with Crippen molar-refractivity contribution >= 4 is 28.4 Å². The minimum Gasteiger partial charge on any atom is -0.355 e. The van der Waals surface area contributed by atoms with Crippen molar-refractivity contribution in [3.63, 3.8) is 0 Å². The summed E-state index contributed by atoms with van der Waals surface area (Å²) in [5.41, 5.74) is -1.56. The van der Waals surface area contributed by atoms with E-state index in [0.717, 1.165) is 6.07 Å². The van der Waals surface area contributed by atoms with Gasteiger partial charge in [0.1, 0.15) is 0 Å². The van der Waals surface area contributed by atoms with Gasteiger partial charge in [0.05, 0.1) is 16.6 Å². The van der Waals surface area contributed by atoms with Crippen LogP contribution >= 0.6 is 12.2 Å². The molecule has 0 aliphatic rings. The number of hydrogen-bond acceptors (Lipinski definition) is 2. The van der Waals surface area contributed by atoms with Gasteiger partial charge in [-0.25, -0.2) is 4.98 Å². The maximum Gasteiger partial charge on any atom is 0.450 e. The zero-order valence-electron chi connectivity index (χ0n) is 12.2. The van der Waals surface area contributed by atoms with Crippen molar-refractivity contribution in [2.24, 2.45) is 0 Å². The molecule has 0 aliphatic heterocycles. The quantitative estimate of drug-likeness (QED) is 0.525. The fourth-order valence-corrected chi connectivity index (χ4v) is 2.32. The summed E-state index contributed by atoms with van der Waals surface area (Å²) in [6.45, 7) is 1.29. The molecule has 1 aromatic heterocycles. The third-order valence-corrected chi connectivity index (χ3v) is 3.64. The number of fused-ring (bicyclic) bond motifs is 1. The minimum absolute atomic E-state index is 0.00187. The van der Waals surface area contributed by atoms with Crippen molar-refractivity contribution in [3.05, 3.63) is 29.1 Å². The number of alkyl halides is 6. The lowest BCUT2D eigenvalue weighted by Gasteiger charge is -2.19. The Bertz CT molecular complexity index is 773. The highest BCUT2D eigenvalue weighted by molar-refractivity contribution is 7.80. The highest BCUT2D eigenvalue weighted by Gasteiger charge is 2.40. The largest absolute Gasteiger partial charge is 0.450 e. The van der Waals surface area contributed by atoms with Gasteiger partial charge in [-0.15, -0.1) is 0 Å². The number of imidazole rings is 1. The topological polar surface area (TPSA) is 21.1 Å². The molecule has 23 heavy (non-hydrogen) atoms. The fourth-order valence-electron chi connectivity index (χ4n) is 2.15. The Labute approximate surface area is 132 Å². The predicted octanol–water partition coefficient (Wildman–Crippen LogP) is 4.08. The Kier molecular flexibility index (Phi) is 4.08. The van der Waals surface area contributed by atoms with E-state index in [1.54, 1.807) is 0 Å². The molecule has 0 atom stereocenters. The Hall–Kier alpha value is -1.84. The molecule has 0 unspecified atom stereocenters. The first-order valence-corrected chi connectivity index (χ1v) is 6.64. The average Bonchev–Trinajstić information content (AvgIpc) is 2.76. The van der Waals surface area contributed by atoms with Gasteiger partial charge in [0, 0.05) is 14.1 Å². The van der Waals surface area contributed by atoms with Crippen molar-refractivity contribution in [3.8, 4) is 0 Å². The molecule has 0 saturated heterocycles. The van der Waals surface area contributed by atoms with Gasteiger partial charge in [0.25, 0.3) is 0 Å². The third-order valence-electron chi connectivity index (χ3n) is 3.10. The van der Waals surface area contributed by atoms with E-state index in [4.69, 9.17) is 12.2 Å². The molecule has 2 aromatic rings. The van der Waals surface area contributed by atoms with Crippen LogP contribution in [0.1, 0.15) is 17.0 Å². The zero-order chi connectivity index (χ0) is 17.7. The Morgan fingerprint density at radius 3 is 2.09 bits per heavy atom. The molecule has 3 nitrogen and oxygen atoms in total. The van der Waals surface area contributed by atoms with Crippen LogP contribution in [0.3, 0.4) is 0 Å². The van der Waals surface area contributed by atoms with Gasteiger partial charge in [-0.2, -0.15) is 26.3 Å². The van der Waals surface area contributed by atoms with E-state index < -0.39 is 29.3 Å². The van der Waals surface area contributed by atoms with Crippen LogP contribution in [0.4, 0.5) is 26.3 Å². The van der Waals surface area contributed by atoms with Crippen molar-refractivity contribution in [2.45, 2.75) is 19.3 Å². The van der Waals surface area contributed by atoms with Gasteiger partial charge in [0.15, 0.2) is 5.11 Å². The molecule has 0 bridgehead atoms. The van der Waals surface area contributed by atoms with E-state index in [1.807, 2.05) is 0 Å². The molecule has 126 valence electrons. The zero-order valence-corrected chi connectivity index (χ0v) is 13.0. The van der Waals surface area contributed by atoms with Gasteiger partial charge in [-0.3, -0.25) is 4.57 Å². The predicted molar refractivity (Wildman–Crippen MR) is 76.2 cm³/mol. The van der Waals surface area contributed by atoms with Gasteiger partial charge in [-0.05, 0) is 36.8 Å². The van der Waals surface area contributed by atoms with Crippen LogP contribution in [0.2, 0.25) is 0 Å². The molecule has 0 fully saturated rings. The SMILES string of the molecule is Cc1cc(C(F)(F)F)cc2nc(C(F)(F)F)n(C(=S)N(C)C)c12. The molecule has 0 radical (unpaired) electrons. The van der Waals surface area contributed by atoms with Crippen LogP contribution in [0.15, 0.2) is 12.1 Å². The molecular formula is C13H11F6N3S. The molecule has 10 heteroatoms. The van der Waals surface area contributed by atoms with Crippen LogP contribution in [0.25, 0.3) is 11.0 Å². The van der Waals surface area contributed by atoms with E-state index in [1.165, 1.54) is 25.9 Å². The first kappa shape index (κ1) is 17.5. The average molecular weight is 355 g/mol. The summed E-state index contributed by atoms with van der Waals surface area (Å²) in [6, 6.07) is 1.37. The number of aryl methyl sites for hydroxylation is 1. The minimum atomic E-state index is -4.86. The summed E-state index contributed by atoms with van der Waals surface area (Å²) in [7, 11) is 2.88. The lowest BCUT2D eigenvalue weighted by Crippen LogP contribution is -2.30. The number of rotatable bonds is 0. The van der Waals surface area contributed by atoms with Crippen LogP contribution in [0, 0.1) is 6.92 Å². The van der Waals surface area contributed by atoms with Crippen molar-refractivity contribution in [2.75, 3.05) is 14.1 Å². The highest BCUT2D eigenvalue weighted by atomic mass is 32.1. The smallest absolute Gasteiger partial charge is 0.355 e. The number of benzene rings is 1. The highest BCUT2D eigenvalue weighted by Crippen LogP contribution is 2.36. The lowest BCUT2D eigenvalue weighted by molar-refractivity contribution is -0.145. The van der Waals surface area contributed by atoms with E-state index in [-0.39, 0.29) is 16.2 Å². The standard InChI is InChI=1S/C13H11F6N3S/c1-6-4-7(12(14,15)16)5-8-9(6)22(11(23)21(2)3)10(20-8)13(17,18)19/h4-5H,1-3H3. The number of nitrogens with zero attached hydrogens (tertiary/aromatic N) is 3. The van der Waals surface area contributed by atoms with Crippen LogP contribution in [0.5, 0.6) is 0 Å². The number of halogens is 6. The number of aromatic nitrogens is 2. The van der Waals surface area contributed by atoms with Gasteiger partial charge in [-0.1, -0.05) is 0 Å². The summed E-state index contributed by atoms with van der Waals surface area (Å²) in [6.07, 6.45) is -9.53. The molecular weight excluding hydrogens is 344 g/mol. The summed E-state index contributed by atoms with van der Waals surface area (Å²) in [4.78, 5) is 4.60. The maximum atomic E-state index is 13.2. The molecule has 0 aliphatic carbocycles. The van der Waals surface area contributed by atoms with E-state index in [2.05, 4.69) is 4.98 Å². The number of thiocarbonyl (C=S) groups is 1. The van der Waals surface area contributed by atoms with Gasteiger partial charge < -0.3 is 4.90 Å². The Morgan fingerprint density at radius 2 is 1.65 bits per heavy atom. The maximum absolute atomic E-state index is 13.2.